The first-order valence-electron chi connectivity index (χ1n) is 11.2. The van der Waals surface area contributed by atoms with E-state index in [4.69, 9.17) is 0 Å². The number of anilines is 1. The van der Waals surface area contributed by atoms with E-state index in [0.717, 1.165) is 24.2 Å². The van der Waals surface area contributed by atoms with Gasteiger partial charge in [-0.1, -0.05) is 11.3 Å². The van der Waals surface area contributed by atoms with E-state index in [9.17, 15) is 17.2 Å². The summed E-state index contributed by atoms with van der Waals surface area (Å²) in [7, 11) is -3.83. The largest absolute Gasteiger partial charge is 0.363 e. The molecule has 0 radical (unpaired) electrons. The van der Waals surface area contributed by atoms with Crippen molar-refractivity contribution in [2.24, 2.45) is 0 Å². The van der Waals surface area contributed by atoms with E-state index in [-0.39, 0.29) is 28.0 Å². The number of pyridine rings is 1. The predicted octanol–water partition coefficient (Wildman–Crippen LogP) is 3.20. The molecule has 0 bridgehead atoms. The highest BCUT2D eigenvalue weighted by Crippen LogP contribution is 2.38. The molecule has 3 atom stereocenters. The highest BCUT2D eigenvalue weighted by molar-refractivity contribution is 7.89. The number of nitrogens with one attached hydrogen (secondary N) is 2. The van der Waals surface area contributed by atoms with Gasteiger partial charge in [-0.05, 0) is 46.6 Å². The van der Waals surface area contributed by atoms with E-state index >= 15 is 0 Å². The van der Waals surface area contributed by atoms with Crippen molar-refractivity contribution in [3.63, 3.8) is 0 Å². The van der Waals surface area contributed by atoms with E-state index < -0.39 is 27.0 Å². The lowest BCUT2D eigenvalue weighted by atomic mass is 10.0. The van der Waals surface area contributed by atoms with Crippen molar-refractivity contribution in [1.29, 1.82) is 0 Å². The zero-order chi connectivity index (χ0) is 24.4. The van der Waals surface area contributed by atoms with Crippen LogP contribution in [0.2, 0.25) is 0 Å². The SMILES string of the molecule is C[C@@H]1CN(c2cc(S(=O)(=O)NC3(C)CC3)cn3c(-c4nnc(C(F)F)s4)cnc23)[C@H](C)[C@@H](C)N1. The minimum absolute atomic E-state index is 0.0685. The molecular formula is C21H27F2N7O2S2. The number of fused-ring (bicyclic) bond motifs is 1. The van der Waals surface area contributed by atoms with Crippen LogP contribution in [-0.4, -0.2) is 58.2 Å². The Labute approximate surface area is 200 Å². The van der Waals surface area contributed by atoms with Crippen LogP contribution in [-0.2, 0) is 10.0 Å². The number of rotatable bonds is 6. The van der Waals surface area contributed by atoms with Crippen molar-refractivity contribution >= 4 is 32.7 Å². The highest BCUT2D eigenvalue weighted by atomic mass is 32.2. The Hall–Kier alpha value is -2.22. The van der Waals surface area contributed by atoms with Gasteiger partial charge in [-0.2, -0.15) is 0 Å². The van der Waals surface area contributed by atoms with Gasteiger partial charge in [0.2, 0.25) is 10.0 Å². The molecule has 4 heterocycles. The van der Waals surface area contributed by atoms with Gasteiger partial charge in [-0.3, -0.25) is 4.40 Å². The summed E-state index contributed by atoms with van der Waals surface area (Å²) in [4.78, 5) is 6.80. The monoisotopic (exact) mass is 511 g/mol. The fourth-order valence-corrected chi connectivity index (χ4v) is 6.54. The van der Waals surface area contributed by atoms with Gasteiger partial charge in [0.15, 0.2) is 15.7 Å². The molecule has 2 aliphatic rings. The Morgan fingerprint density at radius 1 is 1.26 bits per heavy atom. The molecule has 0 unspecified atom stereocenters. The fourth-order valence-electron chi connectivity index (χ4n) is 4.35. The number of alkyl halides is 2. The smallest absolute Gasteiger partial charge is 0.291 e. The number of sulfonamides is 1. The minimum atomic E-state index is -3.83. The molecule has 2 fully saturated rings. The van der Waals surface area contributed by atoms with Crippen molar-refractivity contribution in [3.8, 4) is 10.7 Å². The summed E-state index contributed by atoms with van der Waals surface area (Å²) in [6.07, 6.45) is 1.84. The number of imidazole rings is 1. The van der Waals surface area contributed by atoms with Gasteiger partial charge < -0.3 is 10.2 Å². The fraction of sp³-hybridized carbons (Fsp3) is 0.571. The second kappa shape index (κ2) is 8.18. The Morgan fingerprint density at radius 2 is 2.00 bits per heavy atom. The molecule has 0 spiro atoms. The summed E-state index contributed by atoms with van der Waals surface area (Å²) in [5.74, 6) is 0. The predicted molar refractivity (Wildman–Crippen MR) is 126 cm³/mol. The third kappa shape index (κ3) is 4.18. The van der Waals surface area contributed by atoms with Gasteiger partial charge in [-0.25, -0.2) is 26.9 Å². The summed E-state index contributed by atoms with van der Waals surface area (Å²) in [5.41, 5.74) is 1.18. The van der Waals surface area contributed by atoms with Crippen LogP contribution in [0.5, 0.6) is 0 Å². The average molecular weight is 512 g/mol. The van der Waals surface area contributed by atoms with Crippen LogP contribution in [0, 0.1) is 0 Å². The topological polar surface area (TPSA) is 105 Å². The van der Waals surface area contributed by atoms with E-state index in [1.165, 1.54) is 12.4 Å². The second-order valence-electron chi connectivity index (χ2n) is 9.56. The zero-order valence-electron chi connectivity index (χ0n) is 19.3. The number of halogens is 2. The van der Waals surface area contributed by atoms with Gasteiger partial charge in [0.25, 0.3) is 6.43 Å². The Bertz CT molecular complexity index is 1340. The molecule has 5 rings (SSSR count). The lowest BCUT2D eigenvalue weighted by molar-refractivity contribution is 0.150. The quantitative estimate of drug-likeness (QED) is 0.524. The van der Waals surface area contributed by atoms with Gasteiger partial charge in [0.05, 0.1) is 11.9 Å². The number of aromatic nitrogens is 4. The summed E-state index contributed by atoms with van der Waals surface area (Å²) >= 11 is 0.768. The van der Waals surface area contributed by atoms with E-state index in [0.29, 0.717) is 23.6 Å². The van der Waals surface area contributed by atoms with Gasteiger partial charge in [0, 0.05) is 36.4 Å². The number of piperazine rings is 1. The number of nitrogens with zero attached hydrogens (tertiary/aromatic N) is 5. The molecular weight excluding hydrogens is 484 g/mol. The molecule has 2 N–H and O–H groups in total. The zero-order valence-corrected chi connectivity index (χ0v) is 20.9. The standard InChI is InChI=1S/C21H27F2N7O2S2/c1-11-9-29(13(3)12(2)25-11)15-7-14(34(31,32)28-21(4)5-6-21)10-30-16(8-24-18(15)30)19-26-27-20(33-19)17(22)23/h7-8,10-13,17,25,28H,5-6,9H2,1-4H3/t11-,12-,13-/m1/s1. The third-order valence-corrected chi connectivity index (χ3v) is 9.20. The summed E-state index contributed by atoms with van der Waals surface area (Å²) in [6.45, 7) is 8.78. The van der Waals surface area contributed by atoms with Gasteiger partial charge >= 0.3 is 0 Å². The first-order chi connectivity index (χ1) is 16.0. The van der Waals surface area contributed by atoms with E-state index in [1.54, 1.807) is 10.5 Å². The Balaban J connectivity index is 1.69. The van der Waals surface area contributed by atoms with Crippen molar-refractivity contribution in [1.82, 2.24) is 29.6 Å². The first kappa shape index (κ1) is 23.5. The van der Waals surface area contributed by atoms with Gasteiger partial charge in [-0.15, -0.1) is 10.2 Å². The molecule has 9 nitrogen and oxygen atoms in total. The van der Waals surface area contributed by atoms with Crippen LogP contribution in [0.1, 0.15) is 52.0 Å². The molecule has 0 amide bonds. The maximum Gasteiger partial charge on any atom is 0.291 e. The van der Waals surface area contributed by atoms with Crippen LogP contribution in [0.3, 0.4) is 0 Å². The second-order valence-corrected chi connectivity index (χ2v) is 12.3. The maximum absolute atomic E-state index is 13.3. The maximum atomic E-state index is 13.3. The minimum Gasteiger partial charge on any atom is -0.363 e. The molecule has 184 valence electrons. The van der Waals surface area contributed by atoms with Crippen LogP contribution in [0.4, 0.5) is 14.5 Å². The van der Waals surface area contributed by atoms with E-state index in [2.05, 4.69) is 50.9 Å². The highest BCUT2D eigenvalue weighted by Gasteiger charge is 2.42. The number of hydrogen-bond acceptors (Lipinski definition) is 8. The number of hydrogen-bond donors (Lipinski definition) is 2. The Kier molecular flexibility index (Phi) is 5.66. The van der Waals surface area contributed by atoms with Crippen molar-refractivity contribution in [2.75, 3.05) is 11.4 Å². The average Bonchev–Trinajstić information content (AvgIpc) is 3.17. The lowest BCUT2D eigenvalue weighted by Crippen LogP contribution is -2.59. The molecule has 1 saturated carbocycles. The van der Waals surface area contributed by atoms with Gasteiger partial charge in [0.1, 0.15) is 10.6 Å². The normalized spacial score (nSPS) is 24.8. The van der Waals surface area contributed by atoms with Crippen molar-refractivity contribution in [3.05, 3.63) is 23.5 Å². The van der Waals surface area contributed by atoms with Crippen LogP contribution in [0.25, 0.3) is 16.3 Å². The molecule has 0 aromatic carbocycles. The van der Waals surface area contributed by atoms with Crippen molar-refractivity contribution in [2.45, 2.75) is 75.5 Å². The molecule has 1 aliphatic heterocycles. The third-order valence-electron chi connectivity index (χ3n) is 6.64. The summed E-state index contributed by atoms with van der Waals surface area (Å²) in [5, 5.41) is 10.9. The lowest BCUT2D eigenvalue weighted by Gasteiger charge is -2.43. The Morgan fingerprint density at radius 3 is 2.65 bits per heavy atom. The summed E-state index contributed by atoms with van der Waals surface area (Å²) in [6, 6.07) is 2.07. The van der Waals surface area contributed by atoms with Crippen LogP contribution >= 0.6 is 11.3 Å². The molecule has 1 aliphatic carbocycles. The molecule has 34 heavy (non-hydrogen) atoms. The van der Waals surface area contributed by atoms with Crippen LogP contribution < -0.4 is 14.9 Å². The van der Waals surface area contributed by atoms with Crippen molar-refractivity contribution < 1.29 is 17.2 Å². The summed E-state index contributed by atoms with van der Waals surface area (Å²) < 4.78 is 57.4. The van der Waals surface area contributed by atoms with E-state index in [1.807, 2.05) is 6.92 Å². The first-order valence-corrected chi connectivity index (χ1v) is 13.5. The molecule has 1 saturated heterocycles. The molecule has 13 heteroatoms. The molecule has 3 aromatic rings. The molecule has 3 aromatic heterocycles. The van der Waals surface area contributed by atoms with Crippen LogP contribution in [0.15, 0.2) is 23.4 Å².